The first kappa shape index (κ1) is 12.5. The van der Waals surface area contributed by atoms with Gasteiger partial charge in [0, 0.05) is 18.2 Å². The van der Waals surface area contributed by atoms with Crippen LogP contribution in [0.15, 0.2) is 36.4 Å². The van der Waals surface area contributed by atoms with Gasteiger partial charge in [0.2, 0.25) is 0 Å². The van der Waals surface area contributed by atoms with Crippen LogP contribution in [0.5, 0.6) is 5.75 Å². The van der Waals surface area contributed by atoms with Gasteiger partial charge in [-0.3, -0.25) is 0 Å². The number of fused-ring (bicyclic) bond motifs is 1. The summed E-state index contributed by atoms with van der Waals surface area (Å²) in [5.74, 6) is 1.15. The van der Waals surface area contributed by atoms with E-state index in [0.717, 1.165) is 23.4 Å². The molecular weight excluding hydrogens is 234 g/mol. The summed E-state index contributed by atoms with van der Waals surface area (Å²) < 4.78 is 0. The first-order valence-corrected chi connectivity index (χ1v) is 7.18. The molecule has 2 heteroatoms. The van der Waals surface area contributed by atoms with Crippen LogP contribution in [-0.4, -0.2) is 11.1 Å². The molecule has 2 atom stereocenters. The monoisotopic (exact) mass is 255 g/mol. The number of benzene rings is 2. The fourth-order valence-corrected chi connectivity index (χ4v) is 3.19. The van der Waals surface area contributed by atoms with Gasteiger partial charge in [0.15, 0.2) is 0 Å². The molecule has 2 aromatic carbocycles. The molecule has 0 saturated heterocycles. The molecule has 100 valence electrons. The van der Waals surface area contributed by atoms with Gasteiger partial charge >= 0.3 is 0 Å². The quantitative estimate of drug-likeness (QED) is 0.873. The lowest BCUT2D eigenvalue weighted by Gasteiger charge is -2.18. The SMILES string of the molecule is CC1CCCC1NCc1c(O)ccc2ccccc12. The summed E-state index contributed by atoms with van der Waals surface area (Å²) in [7, 11) is 0. The van der Waals surface area contributed by atoms with Gasteiger partial charge in [0.1, 0.15) is 5.75 Å². The maximum absolute atomic E-state index is 10.1. The Labute approximate surface area is 114 Å². The van der Waals surface area contributed by atoms with Crippen molar-refractivity contribution in [3.8, 4) is 5.75 Å². The number of aromatic hydroxyl groups is 1. The van der Waals surface area contributed by atoms with Crippen LogP contribution in [0.4, 0.5) is 0 Å². The molecule has 0 aromatic heterocycles. The second-order valence-corrected chi connectivity index (χ2v) is 5.68. The van der Waals surface area contributed by atoms with Crippen molar-refractivity contribution in [2.45, 2.75) is 38.8 Å². The van der Waals surface area contributed by atoms with Gasteiger partial charge in [-0.2, -0.15) is 0 Å². The standard InChI is InChI=1S/C17H21NO/c1-12-5-4-8-16(12)18-11-15-14-7-3-2-6-13(14)9-10-17(15)19/h2-3,6-7,9-10,12,16,18-19H,4-5,8,11H2,1H3. The van der Waals surface area contributed by atoms with E-state index in [1.165, 1.54) is 24.6 Å². The Morgan fingerprint density at radius 2 is 2.00 bits per heavy atom. The minimum absolute atomic E-state index is 0.400. The lowest BCUT2D eigenvalue weighted by Crippen LogP contribution is -2.30. The maximum atomic E-state index is 10.1. The molecule has 19 heavy (non-hydrogen) atoms. The average molecular weight is 255 g/mol. The second kappa shape index (κ2) is 5.22. The third kappa shape index (κ3) is 2.45. The lowest BCUT2D eigenvalue weighted by atomic mass is 10.0. The van der Waals surface area contributed by atoms with E-state index in [4.69, 9.17) is 0 Å². The third-order valence-electron chi connectivity index (χ3n) is 4.42. The Morgan fingerprint density at radius 1 is 1.16 bits per heavy atom. The minimum Gasteiger partial charge on any atom is -0.508 e. The fourth-order valence-electron chi connectivity index (χ4n) is 3.19. The normalized spacial score (nSPS) is 23.0. The highest BCUT2D eigenvalue weighted by molar-refractivity contribution is 5.87. The van der Waals surface area contributed by atoms with Crippen LogP contribution in [0.1, 0.15) is 31.7 Å². The topological polar surface area (TPSA) is 32.3 Å². The van der Waals surface area contributed by atoms with Gasteiger partial charge in [-0.25, -0.2) is 0 Å². The van der Waals surface area contributed by atoms with E-state index in [1.54, 1.807) is 6.07 Å². The molecule has 2 N–H and O–H groups in total. The summed E-state index contributed by atoms with van der Waals surface area (Å²) in [6.45, 7) is 3.07. The molecule has 1 fully saturated rings. The molecule has 3 rings (SSSR count). The molecule has 0 aliphatic heterocycles. The van der Waals surface area contributed by atoms with Crippen molar-refractivity contribution in [2.75, 3.05) is 0 Å². The van der Waals surface area contributed by atoms with E-state index in [-0.39, 0.29) is 0 Å². The minimum atomic E-state index is 0.400. The first-order valence-electron chi connectivity index (χ1n) is 7.18. The number of phenols is 1. The highest BCUT2D eigenvalue weighted by atomic mass is 16.3. The van der Waals surface area contributed by atoms with E-state index in [9.17, 15) is 5.11 Å². The summed E-state index contributed by atoms with van der Waals surface area (Å²) >= 11 is 0. The van der Waals surface area contributed by atoms with Crippen LogP contribution >= 0.6 is 0 Å². The van der Waals surface area contributed by atoms with Crippen LogP contribution in [-0.2, 0) is 6.54 Å². The van der Waals surface area contributed by atoms with Gasteiger partial charge in [-0.15, -0.1) is 0 Å². The number of rotatable bonds is 3. The van der Waals surface area contributed by atoms with Crippen molar-refractivity contribution < 1.29 is 5.11 Å². The van der Waals surface area contributed by atoms with Crippen LogP contribution in [0.25, 0.3) is 10.8 Å². The molecule has 0 heterocycles. The molecule has 2 aromatic rings. The zero-order chi connectivity index (χ0) is 13.2. The highest BCUT2D eigenvalue weighted by Crippen LogP contribution is 2.29. The predicted octanol–water partition coefficient (Wildman–Crippen LogP) is 3.82. The second-order valence-electron chi connectivity index (χ2n) is 5.68. The number of hydrogen-bond donors (Lipinski definition) is 2. The Kier molecular flexibility index (Phi) is 3.43. The van der Waals surface area contributed by atoms with Crippen molar-refractivity contribution in [1.29, 1.82) is 0 Å². The Morgan fingerprint density at radius 3 is 2.79 bits per heavy atom. The molecule has 0 radical (unpaired) electrons. The molecule has 1 saturated carbocycles. The summed E-state index contributed by atoms with van der Waals surface area (Å²) in [5.41, 5.74) is 1.03. The van der Waals surface area contributed by atoms with Crippen LogP contribution in [0.2, 0.25) is 0 Å². The zero-order valence-corrected chi connectivity index (χ0v) is 11.4. The maximum Gasteiger partial charge on any atom is 0.120 e. The fraction of sp³-hybridized carbons (Fsp3) is 0.412. The largest absolute Gasteiger partial charge is 0.508 e. The number of phenolic OH excluding ortho intramolecular Hbond substituents is 1. The molecule has 1 aliphatic carbocycles. The van der Waals surface area contributed by atoms with Gasteiger partial charge in [-0.05, 0) is 35.6 Å². The van der Waals surface area contributed by atoms with Crippen molar-refractivity contribution >= 4 is 10.8 Å². The Hall–Kier alpha value is -1.54. The van der Waals surface area contributed by atoms with Crippen molar-refractivity contribution in [1.82, 2.24) is 5.32 Å². The molecule has 0 amide bonds. The molecular formula is C17H21NO. The molecule has 2 nitrogen and oxygen atoms in total. The van der Waals surface area contributed by atoms with Gasteiger partial charge in [0.05, 0.1) is 0 Å². The Bertz CT molecular complexity index is 578. The van der Waals surface area contributed by atoms with Crippen LogP contribution < -0.4 is 5.32 Å². The van der Waals surface area contributed by atoms with E-state index in [0.29, 0.717) is 11.8 Å². The summed E-state index contributed by atoms with van der Waals surface area (Å²) in [5, 5.41) is 16.1. The van der Waals surface area contributed by atoms with Gasteiger partial charge < -0.3 is 10.4 Å². The number of nitrogens with one attached hydrogen (secondary N) is 1. The average Bonchev–Trinajstić information content (AvgIpc) is 2.83. The van der Waals surface area contributed by atoms with Crippen LogP contribution in [0, 0.1) is 5.92 Å². The molecule has 2 unspecified atom stereocenters. The first-order chi connectivity index (χ1) is 9.25. The molecule has 0 spiro atoms. The van der Waals surface area contributed by atoms with E-state index in [2.05, 4.69) is 24.4 Å². The summed E-state index contributed by atoms with van der Waals surface area (Å²) in [6, 6.07) is 12.6. The Balaban J connectivity index is 1.85. The molecule has 0 bridgehead atoms. The van der Waals surface area contributed by atoms with E-state index >= 15 is 0 Å². The van der Waals surface area contributed by atoms with E-state index < -0.39 is 0 Å². The predicted molar refractivity (Wildman–Crippen MR) is 79.3 cm³/mol. The third-order valence-corrected chi connectivity index (χ3v) is 4.42. The van der Waals surface area contributed by atoms with E-state index in [1.807, 2.05) is 18.2 Å². The van der Waals surface area contributed by atoms with Crippen molar-refractivity contribution in [2.24, 2.45) is 5.92 Å². The van der Waals surface area contributed by atoms with Gasteiger partial charge in [-0.1, -0.05) is 43.7 Å². The lowest BCUT2D eigenvalue weighted by molar-refractivity contribution is 0.416. The highest BCUT2D eigenvalue weighted by Gasteiger charge is 2.22. The summed E-state index contributed by atoms with van der Waals surface area (Å²) in [4.78, 5) is 0. The van der Waals surface area contributed by atoms with Gasteiger partial charge in [0.25, 0.3) is 0 Å². The van der Waals surface area contributed by atoms with Crippen molar-refractivity contribution in [3.63, 3.8) is 0 Å². The number of hydrogen-bond acceptors (Lipinski definition) is 2. The van der Waals surface area contributed by atoms with Crippen molar-refractivity contribution in [3.05, 3.63) is 42.0 Å². The molecule has 1 aliphatic rings. The summed E-state index contributed by atoms with van der Waals surface area (Å²) in [6.07, 6.45) is 3.90. The zero-order valence-electron chi connectivity index (χ0n) is 11.4. The smallest absolute Gasteiger partial charge is 0.120 e. The van der Waals surface area contributed by atoms with Crippen LogP contribution in [0.3, 0.4) is 0 Å².